The summed E-state index contributed by atoms with van der Waals surface area (Å²) in [6.07, 6.45) is 0.571. The van der Waals surface area contributed by atoms with Crippen molar-refractivity contribution in [2.75, 3.05) is 19.8 Å². The van der Waals surface area contributed by atoms with Crippen molar-refractivity contribution in [3.05, 3.63) is 28.8 Å². The van der Waals surface area contributed by atoms with Gasteiger partial charge in [-0.1, -0.05) is 25.4 Å². The summed E-state index contributed by atoms with van der Waals surface area (Å²) in [7, 11) is -3.72. The molecule has 0 radical (unpaired) electrons. The summed E-state index contributed by atoms with van der Waals surface area (Å²) >= 11 is 5.88. The van der Waals surface area contributed by atoms with E-state index in [0.717, 1.165) is 0 Å². The molecule has 0 spiro atoms. The van der Waals surface area contributed by atoms with Crippen molar-refractivity contribution in [3.63, 3.8) is 0 Å². The summed E-state index contributed by atoms with van der Waals surface area (Å²) in [4.78, 5) is -0.0775. The van der Waals surface area contributed by atoms with Gasteiger partial charge in [0.2, 0.25) is 10.0 Å². The largest absolute Gasteiger partial charge is 0.381 e. The normalized spacial score (nSPS) is 11.6. The monoisotopic (exact) mass is 330 g/mol. The first kappa shape index (κ1) is 17.9. The van der Waals surface area contributed by atoms with Gasteiger partial charge in [-0.25, -0.2) is 13.1 Å². The Balaban J connectivity index is 2.56. The summed E-state index contributed by atoms with van der Waals surface area (Å²) in [5.74, 6) is 0.453. The van der Waals surface area contributed by atoms with E-state index >= 15 is 0 Å². The molecular weight excluding hydrogens is 312 g/mol. The smallest absolute Gasteiger partial charge is 0.242 e. The zero-order chi connectivity index (χ0) is 15.9. The number of sulfonamides is 1. The van der Waals surface area contributed by atoms with Crippen molar-refractivity contribution in [3.8, 4) is 6.07 Å². The van der Waals surface area contributed by atoms with Gasteiger partial charge in [-0.05, 0) is 30.5 Å². The van der Waals surface area contributed by atoms with Crippen LogP contribution >= 0.6 is 11.6 Å². The zero-order valence-electron chi connectivity index (χ0n) is 12.1. The highest BCUT2D eigenvalue weighted by atomic mass is 35.5. The lowest BCUT2D eigenvalue weighted by atomic mass is 10.2. The van der Waals surface area contributed by atoms with E-state index in [1.165, 1.54) is 18.2 Å². The molecule has 0 fully saturated rings. The standard InChI is InChI=1S/C14H19ClN2O3S/c1-11(2)10-20-7-3-6-17-21(18,19)14-8-12(9-16)4-5-13(14)15/h4-5,8,11,17H,3,6-7,10H2,1-2H3. The number of ether oxygens (including phenoxy) is 1. The predicted octanol–water partition coefficient (Wildman–Crippen LogP) is 2.55. The number of benzene rings is 1. The fraction of sp³-hybridized carbons (Fsp3) is 0.500. The maximum atomic E-state index is 12.1. The van der Waals surface area contributed by atoms with Gasteiger partial charge < -0.3 is 4.74 Å². The third kappa shape index (κ3) is 6.02. The molecule has 0 aliphatic carbocycles. The lowest BCUT2D eigenvalue weighted by Crippen LogP contribution is -2.26. The minimum absolute atomic E-state index is 0.0775. The molecule has 0 bridgehead atoms. The fourth-order valence-electron chi connectivity index (χ4n) is 1.56. The van der Waals surface area contributed by atoms with Gasteiger partial charge in [-0.15, -0.1) is 0 Å². The Morgan fingerprint density at radius 1 is 1.43 bits per heavy atom. The van der Waals surface area contributed by atoms with Crippen molar-refractivity contribution in [1.82, 2.24) is 4.72 Å². The lowest BCUT2D eigenvalue weighted by molar-refractivity contribution is 0.108. The molecule has 1 aromatic rings. The van der Waals surface area contributed by atoms with E-state index in [0.29, 0.717) is 25.6 Å². The summed E-state index contributed by atoms with van der Waals surface area (Å²) in [6, 6.07) is 6.03. The van der Waals surface area contributed by atoms with E-state index in [9.17, 15) is 8.42 Å². The van der Waals surface area contributed by atoms with Crippen LogP contribution in [0.5, 0.6) is 0 Å². The molecule has 0 heterocycles. The Kier molecular flexibility index (Phi) is 7.12. The number of nitriles is 1. The van der Waals surface area contributed by atoms with Gasteiger partial charge in [0.15, 0.2) is 0 Å². The van der Waals surface area contributed by atoms with Gasteiger partial charge in [-0.2, -0.15) is 5.26 Å². The Hall–Kier alpha value is -1.13. The van der Waals surface area contributed by atoms with Crippen LogP contribution in [-0.2, 0) is 14.8 Å². The second-order valence-corrected chi connectivity index (χ2v) is 7.12. The summed E-state index contributed by atoms with van der Waals surface area (Å²) in [6.45, 7) is 5.50. The molecule has 0 aromatic heterocycles. The maximum Gasteiger partial charge on any atom is 0.242 e. The van der Waals surface area contributed by atoms with Crippen LogP contribution < -0.4 is 4.72 Å². The molecule has 1 N–H and O–H groups in total. The van der Waals surface area contributed by atoms with Crippen LogP contribution in [0, 0.1) is 17.2 Å². The summed E-state index contributed by atoms with van der Waals surface area (Å²) in [5, 5.41) is 8.91. The van der Waals surface area contributed by atoms with Crippen LogP contribution in [0.15, 0.2) is 23.1 Å². The molecular formula is C14H19ClN2O3S. The molecule has 0 saturated heterocycles. The quantitative estimate of drug-likeness (QED) is 0.743. The molecule has 1 aromatic carbocycles. The number of hydrogen-bond acceptors (Lipinski definition) is 4. The number of rotatable bonds is 8. The summed E-state index contributed by atoms with van der Waals surface area (Å²) in [5.41, 5.74) is 0.250. The molecule has 0 aliphatic rings. The zero-order valence-corrected chi connectivity index (χ0v) is 13.7. The summed E-state index contributed by atoms with van der Waals surface area (Å²) < 4.78 is 32.1. The molecule has 0 amide bonds. The minimum atomic E-state index is -3.72. The third-order valence-corrected chi connectivity index (χ3v) is 4.50. The maximum absolute atomic E-state index is 12.1. The van der Waals surface area contributed by atoms with Crippen LogP contribution in [0.25, 0.3) is 0 Å². The van der Waals surface area contributed by atoms with Crippen LogP contribution in [0.1, 0.15) is 25.8 Å². The topological polar surface area (TPSA) is 79.2 Å². The third-order valence-electron chi connectivity index (χ3n) is 2.56. The van der Waals surface area contributed by atoms with Crippen LogP contribution in [0.3, 0.4) is 0 Å². The number of halogens is 1. The van der Waals surface area contributed by atoms with E-state index < -0.39 is 10.0 Å². The van der Waals surface area contributed by atoms with Gasteiger partial charge in [0.25, 0.3) is 0 Å². The van der Waals surface area contributed by atoms with Crippen LogP contribution in [0.2, 0.25) is 5.02 Å². The Bertz CT molecular complexity index is 609. The van der Waals surface area contributed by atoms with Gasteiger partial charge in [0, 0.05) is 19.8 Å². The second kappa shape index (κ2) is 8.35. The first-order valence-electron chi connectivity index (χ1n) is 6.64. The van der Waals surface area contributed by atoms with E-state index in [1.54, 1.807) is 0 Å². The van der Waals surface area contributed by atoms with Crippen molar-refractivity contribution in [2.24, 2.45) is 5.92 Å². The second-order valence-electron chi connectivity index (χ2n) is 4.98. The highest BCUT2D eigenvalue weighted by Gasteiger charge is 2.17. The van der Waals surface area contributed by atoms with E-state index in [1.807, 2.05) is 19.9 Å². The molecule has 5 nitrogen and oxygen atoms in total. The number of nitrogens with zero attached hydrogens (tertiary/aromatic N) is 1. The highest BCUT2D eigenvalue weighted by molar-refractivity contribution is 7.89. The predicted molar refractivity (Wildman–Crippen MR) is 81.6 cm³/mol. The van der Waals surface area contributed by atoms with Gasteiger partial charge in [-0.3, -0.25) is 0 Å². The van der Waals surface area contributed by atoms with Crippen molar-refractivity contribution >= 4 is 21.6 Å². The number of nitrogens with one attached hydrogen (secondary N) is 1. The first-order chi connectivity index (χ1) is 9.86. The SMILES string of the molecule is CC(C)COCCCNS(=O)(=O)c1cc(C#N)ccc1Cl. The molecule has 21 heavy (non-hydrogen) atoms. The van der Waals surface area contributed by atoms with Gasteiger partial charge in [0.1, 0.15) is 4.90 Å². The molecule has 0 atom stereocenters. The molecule has 0 unspecified atom stereocenters. The van der Waals surface area contributed by atoms with Crippen molar-refractivity contribution in [1.29, 1.82) is 5.26 Å². The average molecular weight is 331 g/mol. The Morgan fingerprint density at radius 2 is 2.14 bits per heavy atom. The van der Waals surface area contributed by atoms with E-state index in [-0.39, 0.29) is 22.0 Å². The molecule has 7 heteroatoms. The number of hydrogen-bond donors (Lipinski definition) is 1. The van der Waals surface area contributed by atoms with Gasteiger partial charge >= 0.3 is 0 Å². The van der Waals surface area contributed by atoms with Crippen LogP contribution in [-0.4, -0.2) is 28.2 Å². The highest BCUT2D eigenvalue weighted by Crippen LogP contribution is 2.22. The van der Waals surface area contributed by atoms with E-state index in [4.69, 9.17) is 21.6 Å². The Morgan fingerprint density at radius 3 is 2.76 bits per heavy atom. The van der Waals surface area contributed by atoms with Crippen molar-refractivity contribution in [2.45, 2.75) is 25.2 Å². The van der Waals surface area contributed by atoms with E-state index in [2.05, 4.69) is 4.72 Å². The fourth-order valence-corrected chi connectivity index (χ4v) is 3.15. The van der Waals surface area contributed by atoms with Crippen LogP contribution in [0.4, 0.5) is 0 Å². The van der Waals surface area contributed by atoms with Crippen molar-refractivity contribution < 1.29 is 13.2 Å². The molecule has 116 valence electrons. The Labute approximate surface area is 130 Å². The minimum Gasteiger partial charge on any atom is -0.381 e. The molecule has 0 saturated carbocycles. The first-order valence-corrected chi connectivity index (χ1v) is 8.50. The average Bonchev–Trinajstić information content (AvgIpc) is 2.42. The lowest BCUT2D eigenvalue weighted by Gasteiger charge is -2.09. The van der Waals surface area contributed by atoms with Gasteiger partial charge in [0.05, 0.1) is 16.7 Å². The molecule has 0 aliphatic heterocycles. The molecule has 1 rings (SSSR count).